The molecule has 0 spiro atoms. The molecule has 0 saturated heterocycles. The zero-order chi connectivity index (χ0) is 8.20. The smallest absolute Gasteiger partial charge is 0.328 e. The van der Waals surface area contributed by atoms with Gasteiger partial charge in [0, 0.05) is 7.11 Å². The van der Waals surface area contributed by atoms with E-state index in [1.807, 2.05) is 0 Å². The van der Waals surface area contributed by atoms with E-state index in [0.717, 1.165) is 7.11 Å². The third kappa shape index (κ3) is 2.87. The minimum absolute atomic E-state index is 0.186. The summed E-state index contributed by atoms with van der Waals surface area (Å²) >= 11 is 1.59. The van der Waals surface area contributed by atoms with Crippen LogP contribution in [0.2, 0.25) is 0 Å². The standard InChI is InChI=1S/C5H7F2IO2/c1-10-3-5(6,7)4(9)2-8/h2-3H2,1H3. The maximum atomic E-state index is 12.3. The number of rotatable bonds is 4. The predicted molar refractivity (Wildman–Crippen MR) is 40.7 cm³/mol. The number of hydrogen-bond acceptors (Lipinski definition) is 2. The summed E-state index contributed by atoms with van der Waals surface area (Å²) in [7, 11) is 1.13. The molecule has 0 aliphatic carbocycles. The number of ether oxygens (including phenoxy) is 1. The van der Waals surface area contributed by atoms with Gasteiger partial charge in [-0.05, 0) is 0 Å². The minimum atomic E-state index is -3.31. The number of alkyl halides is 3. The molecule has 0 fully saturated rings. The minimum Gasteiger partial charge on any atom is -0.378 e. The second kappa shape index (κ2) is 4.17. The van der Waals surface area contributed by atoms with Crippen LogP contribution in [0.3, 0.4) is 0 Å². The molecule has 0 aliphatic rings. The van der Waals surface area contributed by atoms with Crippen LogP contribution in [-0.2, 0) is 9.53 Å². The van der Waals surface area contributed by atoms with E-state index in [0.29, 0.717) is 0 Å². The van der Waals surface area contributed by atoms with Gasteiger partial charge in [0.25, 0.3) is 0 Å². The second-order valence-corrected chi connectivity index (χ2v) is 2.46. The number of ketones is 1. The lowest BCUT2D eigenvalue weighted by molar-refractivity contribution is -0.147. The van der Waals surface area contributed by atoms with E-state index >= 15 is 0 Å². The van der Waals surface area contributed by atoms with Crippen molar-refractivity contribution in [2.75, 3.05) is 18.1 Å². The molecule has 0 unspecified atom stereocenters. The van der Waals surface area contributed by atoms with Gasteiger partial charge in [-0.3, -0.25) is 4.79 Å². The molecule has 0 heterocycles. The quantitative estimate of drug-likeness (QED) is 0.564. The largest absolute Gasteiger partial charge is 0.378 e. The monoisotopic (exact) mass is 264 g/mol. The maximum absolute atomic E-state index is 12.3. The number of carbonyl (C=O) groups excluding carboxylic acids is 1. The Kier molecular flexibility index (Phi) is 4.26. The molecule has 0 N–H and O–H groups in total. The Bertz CT molecular complexity index is 127. The second-order valence-electron chi connectivity index (χ2n) is 1.69. The highest BCUT2D eigenvalue weighted by atomic mass is 127. The van der Waals surface area contributed by atoms with Gasteiger partial charge in [0.15, 0.2) is 0 Å². The SMILES string of the molecule is COCC(F)(F)C(=O)CI. The molecule has 0 aromatic carbocycles. The molecule has 0 aromatic heterocycles. The summed E-state index contributed by atoms with van der Waals surface area (Å²) in [4.78, 5) is 10.4. The van der Waals surface area contributed by atoms with E-state index in [9.17, 15) is 13.6 Å². The molecule has 0 bridgehead atoms. The first-order valence-corrected chi connectivity index (χ1v) is 4.03. The van der Waals surface area contributed by atoms with E-state index in [-0.39, 0.29) is 4.43 Å². The van der Waals surface area contributed by atoms with Gasteiger partial charge < -0.3 is 4.74 Å². The van der Waals surface area contributed by atoms with Crippen molar-refractivity contribution in [3.05, 3.63) is 0 Å². The van der Waals surface area contributed by atoms with Crippen LogP contribution < -0.4 is 0 Å². The highest BCUT2D eigenvalue weighted by molar-refractivity contribution is 14.1. The van der Waals surface area contributed by atoms with E-state index in [4.69, 9.17) is 0 Å². The molecule has 0 amide bonds. The van der Waals surface area contributed by atoms with E-state index < -0.39 is 18.3 Å². The van der Waals surface area contributed by atoms with Crippen LogP contribution in [0.15, 0.2) is 0 Å². The van der Waals surface area contributed by atoms with Crippen molar-refractivity contribution in [1.82, 2.24) is 0 Å². The van der Waals surface area contributed by atoms with Gasteiger partial charge in [-0.1, -0.05) is 22.6 Å². The molecule has 0 saturated carbocycles. The molecular formula is C5H7F2IO2. The number of methoxy groups -OCH3 is 1. The van der Waals surface area contributed by atoms with Gasteiger partial charge in [0.1, 0.15) is 6.61 Å². The number of Topliss-reactive ketones (excluding diaryl/α,β-unsaturated/α-hetero) is 1. The molecule has 0 aromatic rings. The summed E-state index contributed by atoms with van der Waals surface area (Å²) in [6.45, 7) is -0.825. The van der Waals surface area contributed by atoms with Crippen LogP contribution in [0, 0.1) is 0 Å². The molecule has 0 aliphatic heterocycles. The van der Waals surface area contributed by atoms with Crippen molar-refractivity contribution >= 4 is 28.4 Å². The van der Waals surface area contributed by atoms with E-state index in [1.54, 1.807) is 22.6 Å². The lowest BCUT2D eigenvalue weighted by Gasteiger charge is -2.11. The Morgan fingerprint density at radius 3 is 2.50 bits per heavy atom. The van der Waals surface area contributed by atoms with Crippen LogP contribution in [0.4, 0.5) is 8.78 Å². The number of halogens is 3. The number of hydrogen-bond donors (Lipinski definition) is 0. The summed E-state index contributed by atoms with van der Waals surface area (Å²) in [5, 5.41) is 0. The Morgan fingerprint density at radius 1 is 1.70 bits per heavy atom. The van der Waals surface area contributed by atoms with Crippen molar-refractivity contribution in [3.8, 4) is 0 Å². The fourth-order valence-electron chi connectivity index (χ4n) is 0.360. The first kappa shape index (κ1) is 10.2. The molecule has 10 heavy (non-hydrogen) atoms. The normalized spacial score (nSPS) is 11.6. The Labute approximate surface area is 71.1 Å². The van der Waals surface area contributed by atoms with Crippen molar-refractivity contribution in [3.63, 3.8) is 0 Å². The zero-order valence-electron chi connectivity index (χ0n) is 5.36. The van der Waals surface area contributed by atoms with Crippen molar-refractivity contribution in [2.45, 2.75) is 5.92 Å². The molecule has 0 atom stereocenters. The highest BCUT2D eigenvalue weighted by Crippen LogP contribution is 2.15. The highest BCUT2D eigenvalue weighted by Gasteiger charge is 2.37. The maximum Gasteiger partial charge on any atom is 0.328 e. The first-order valence-electron chi connectivity index (χ1n) is 2.50. The topological polar surface area (TPSA) is 26.3 Å². The average molecular weight is 264 g/mol. The zero-order valence-corrected chi connectivity index (χ0v) is 7.52. The van der Waals surface area contributed by atoms with Gasteiger partial charge >= 0.3 is 5.92 Å². The predicted octanol–water partition coefficient (Wildman–Crippen LogP) is 1.27. The van der Waals surface area contributed by atoms with Gasteiger partial charge in [0.05, 0.1) is 4.43 Å². The van der Waals surface area contributed by atoms with Gasteiger partial charge in [0.2, 0.25) is 5.78 Å². The van der Waals surface area contributed by atoms with Crippen molar-refractivity contribution in [1.29, 1.82) is 0 Å². The van der Waals surface area contributed by atoms with Gasteiger partial charge in [-0.25, -0.2) is 0 Å². The first-order chi connectivity index (χ1) is 4.54. The lowest BCUT2D eigenvalue weighted by atomic mass is 10.2. The van der Waals surface area contributed by atoms with Crippen molar-refractivity contribution in [2.24, 2.45) is 0 Å². The third-order valence-electron chi connectivity index (χ3n) is 0.855. The van der Waals surface area contributed by atoms with E-state index in [1.165, 1.54) is 0 Å². The van der Waals surface area contributed by atoms with Crippen LogP contribution in [-0.4, -0.2) is 29.9 Å². The van der Waals surface area contributed by atoms with E-state index in [2.05, 4.69) is 4.74 Å². The fourth-order valence-corrected chi connectivity index (χ4v) is 0.918. The van der Waals surface area contributed by atoms with Crippen LogP contribution in [0.1, 0.15) is 0 Å². The molecule has 0 radical (unpaired) electrons. The molecule has 60 valence electrons. The average Bonchev–Trinajstić information content (AvgIpc) is 1.86. The molecule has 0 rings (SSSR count). The molecule has 2 nitrogen and oxygen atoms in total. The number of carbonyl (C=O) groups is 1. The Morgan fingerprint density at radius 2 is 2.20 bits per heavy atom. The summed E-state index contributed by atoms with van der Waals surface area (Å²) in [6, 6.07) is 0. The van der Waals surface area contributed by atoms with Crippen LogP contribution >= 0.6 is 22.6 Å². The third-order valence-corrected chi connectivity index (χ3v) is 1.55. The summed E-state index contributed by atoms with van der Waals surface area (Å²) in [5.74, 6) is -4.40. The van der Waals surface area contributed by atoms with Crippen LogP contribution in [0.25, 0.3) is 0 Å². The van der Waals surface area contributed by atoms with Crippen molar-refractivity contribution < 1.29 is 18.3 Å². The van der Waals surface area contributed by atoms with Gasteiger partial charge in [-0.2, -0.15) is 8.78 Å². The van der Waals surface area contributed by atoms with Crippen LogP contribution in [0.5, 0.6) is 0 Å². The summed E-state index contributed by atoms with van der Waals surface area (Å²) in [5.41, 5.74) is 0. The lowest BCUT2D eigenvalue weighted by Crippen LogP contribution is -2.34. The fraction of sp³-hybridized carbons (Fsp3) is 0.800. The molecular weight excluding hydrogens is 257 g/mol. The Hall–Kier alpha value is 0.220. The summed E-state index contributed by atoms with van der Waals surface area (Å²) < 4.78 is 28.6. The Balaban J connectivity index is 3.96. The van der Waals surface area contributed by atoms with Gasteiger partial charge in [-0.15, -0.1) is 0 Å². The molecule has 5 heteroatoms. The summed E-state index contributed by atoms with van der Waals surface area (Å²) in [6.07, 6.45) is 0.